The molecule has 24 heavy (non-hydrogen) atoms. The molecule has 0 saturated heterocycles. The van der Waals surface area contributed by atoms with Crippen molar-refractivity contribution in [1.29, 1.82) is 0 Å². The van der Waals surface area contributed by atoms with Gasteiger partial charge in [0, 0.05) is 18.3 Å². The summed E-state index contributed by atoms with van der Waals surface area (Å²) in [4.78, 5) is 25.5. The molecule has 5 heteroatoms. The summed E-state index contributed by atoms with van der Waals surface area (Å²) in [6.07, 6.45) is 0.789. The Kier molecular flexibility index (Phi) is 5.68. The van der Waals surface area contributed by atoms with Crippen molar-refractivity contribution in [2.75, 3.05) is 16.8 Å². The Labute approximate surface area is 141 Å². The molecule has 0 bridgehead atoms. The Morgan fingerprint density at radius 1 is 1.17 bits per heavy atom. The molecule has 0 unspecified atom stereocenters. The van der Waals surface area contributed by atoms with Crippen LogP contribution in [-0.2, 0) is 16.0 Å². The molecule has 0 radical (unpaired) electrons. The monoisotopic (exact) mass is 328 g/mol. The van der Waals surface area contributed by atoms with Gasteiger partial charge in [-0.05, 0) is 42.7 Å². The van der Waals surface area contributed by atoms with Gasteiger partial charge in [0.1, 0.15) is 12.4 Å². The quantitative estimate of drug-likeness (QED) is 0.910. The van der Waals surface area contributed by atoms with Gasteiger partial charge in [-0.2, -0.15) is 0 Å². The van der Waals surface area contributed by atoms with Crippen molar-refractivity contribution in [2.24, 2.45) is 0 Å². The van der Waals surface area contributed by atoms with E-state index in [4.69, 9.17) is 0 Å². The summed E-state index contributed by atoms with van der Waals surface area (Å²) >= 11 is 0. The van der Waals surface area contributed by atoms with Crippen molar-refractivity contribution in [2.45, 2.75) is 27.2 Å². The molecule has 0 atom stereocenters. The van der Waals surface area contributed by atoms with Gasteiger partial charge < -0.3 is 10.2 Å². The van der Waals surface area contributed by atoms with Crippen LogP contribution in [0.15, 0.2) is 42.5 Å². The average Bonchev–Trinajstić information content (AvgIpc) is 2.54. The number of rotatable bonds is 5. The Hall–Kier alpha value is -2.69. The van der Waals surface area contributed by atoms with Crippen LogP contribution in [0, 0.1) is 12.7 Å². The molecule has 0 heterocycles. The Balaban J connectivity index is 2.19. The maximum Gasteiger partial charge on any atom is 0.244 e. The lowest BCUT2D eigenvalue weighted by Crippen LogP contribution is -2.37. The fraction of sp³-hybridized carbons (Fsp3) is 0.263. The summed E-state index contributed by atoms with van der Waals surface area (Å²) in [7, 11) is 0. The van der Waals surface area contributed by atoms with Crippen LogP contribution in [0.1, 0.15) is 25.0 Å². The molecule has 2 rings (SSSR count). The highest BCUT2D eigenvalue weighted by Crippen LogP contribution is 2.21. The minimum atomic E-state index is -0.452. The Morgan fingerprint density at radius 3 is 2.50 bits per heavy atom. The minimum Gasteiger partial charge on any atom is -0.324 e. The maximum absolute atomic E-state index is 13.4. The summed E-state index contributed by atoms with van der Waals surface area (Å²) < 4.78 is 13.4. The van der Waals surface area contributed by atoms with E-state index in [9.17, 15) is 14.0 Å². The van der Waals surface area contributed by atoms with E-state index in [1.54, 1.807) is 6.07 Å². The molecule has 0 spiro atoms. The number of hydrogen-bond acceptors (Lipinski definition) is 2. The summed E-state index contributed by atoms with van der Waals surface area (Å²) in [5.74, 6) is -1.10. The molecular formula is C19H21FN2O2. The van der Waals surface area contributed by atoms with Crippen LogP contribution >= 0.6 is 0 Å². The van der Waals surface area contributed by atoms with Crippen molar-refractivity contribution in [3.63, 3.8) is 0 Å². The molecule has 0 fully saturated rings. The number of nitrogens with zero attached hydrogens (tertiary/aromatic N) is 1. The number of hydrogen-bond donors (Lipinski definition) is 1. The third-order valence-corrected chi connectivity index (χ3v) is 3.81. The summed E-state index contributed by atoms with van der Waals surface area (Å²) in [5.41, 5.74) is 3.12. The van der Waals surface area contributed by atoms with Gasteiger partial charge in [0.2, 0.25) is 11.8 Å². The zero-order valence-electron chi connectivity index (χ0n) is 14.1. The van der Waals surface area contributed by atoms with E-state index in [2.05, 4.69) is 5.32 Å². The normalized spacial score (nSPS) is 10.3. The van der Waals surface area contributed by atoms with Crippen molar-refractivity contribution < 1.29 is 14.0 Å². The number of anilines is 2. The van der Waals surface area contributed by atoms with E-state index >= 15 is 0 Å². The first-order valence-electron chi connectivity index (χ1n) is 7.84. The van der Waals surface area contributed by atoms with Crippen LogP contribution < -0.4 is 10.2 Å². The SMILES string of the molecule is CCc1cccc(C)c1NC(=O)CN(C(C)=O)c1cccc(F)c1. The Bertz CT molecular complexity index is 759. The largest absolute Gasteiger partial charge is 0.324 e. The highest BCUT2D eigenvalue weighted by molar-refractivity contribution is 6.02. The van der Waals surface area contributed by atoms with Crippen LogP contribution in [0.2, 0.25) is 0 Å². The van der Waals surface area contributed by atoms with Crippen molar-refractivity contribution in [1.82, 2.24) is 0 Å². The molecule has 2 aromatic rings. The number of halogens is 1. The summed E-state index contributed by atoms with van der Waals surface area (Å²) in [6.45, 7) is 5.11. The number of carbonyl (C=O) groups excluding carboxylic acids is 2. The van der Waals surface area contributed by atoms with Crippen LogP contribution in [0.3, 0.4) is 0 Å². The average molecular weight is 328 g/mol. The van der Waals surface area contributed by atoms with Gasteiger partial charge in [0.25, 0.3) is 0 Å². The molecule has 126 valence electrons. The van der Waals surface area contributed by atoms with E-state index in [1.807, 2.05) is 32.0 Å². The third-order valence-electron chi connectivity index (χ3n) is 3.81. The lowest BCUT2D eigenvalue weighted by molar-refractivity contribution is -0.120. The molecule has 4 nitrogen and oxygen atoms in total. The fourth-order valence-electron chi connectivity index (χ4n) is 2.55. The lowest BCUT2D eigenvalue weighted by Gasteiger charge is -2.21. The van der Waals surface area contributed by atoms with Crippen LogP contribution in [0.25, 0.3) is 0 Å². The second kappa shape index (κ2) is 7.73. The number of para-hydroxylation sites is 1. The number of amides is 2. The molecule has 2 amide bonds. The van der Waals surface area contributed by atoms with Crippen molar-refractivity contribution in [3.05, 3.63) is 59.4 Å². The van der Waals surface area contributed by atoms with E-state index in [0.29, 0.717) is 5.69 Å². The molecular weight excluding hydrogens is 307 g/mol. The van der Waals surface area contributed by atoms with Gasteiger partial charge in [0.05, 0.1) is 0 Å². The molecule has 0 aliphatic heterocycles. The molecule has 0 saturated carbocycles. The first kappa shape index (κ1) is 17.7. The first-order valence-corrected chi connectivity index (χ1v) is 7.84. The summed E-state index contributed by atoms with van der Waals surface area (Å²) in [5, 5.41) is 2.87. The molecule has 0 aliphatic rings. The zero-order valence-corrected chi connectivity index (χ0v) is 14.1. The van der Waals surface area contributed by atoms with E-state index in [-0.39, 0.29) is 18.4 Å². The highest BCUT2D eigenvalue weighted by atomic mass is 19.1. The highest BCUT2D eigenvalue weighted by Gasteiger charge is 2.17. The lowest BCUT2D eigenvalue weighted by atomic mass is 10.1. The fourth-order valence-corrected chi connectivity index (χ4v) is 2.55. The molecule has 1 N–H and O–H groups in total. The predicted molar refractivity (Wildman–Crippen MR) is 93.6 cm³/mol. The van der Waals surface area contributed by atoms with Gasteiger partial charge >= 0.3 is 0 Å². The van der Waals surface area contributed by atoms with Crippen molar-refractivity contribution in [3.8, 4) is 0 Å². The van der Waals surface area contributed by atoms with E-state index < -0.39 is 5.82 Å². The molecule has 2 aromatic carbocycles. The van der Waals surface area contributed by atoms with Gasteiger partial charge in [-0.25, -0.2) is 4.39 Å². The smallest absolute Gasteiger partial charge is 0.244 e. The van der Waals surface area contributed by atoms with E-state index in [0.717, 1.165) is 23.2 Å². The third kappa shape index (κ3) is 4.19. The standard InChI is InChI=1S/C19H21FN2O2/c1-4-15-8-5-7-13(2)19(15)21-18(24)12-22(14(3)23)17-10-6-9-16(20)11-17/h5-11H,4,12H2,1-3H3,(H,21,24). The topological polar surface area (TPSA) is 49.4 Å². The van der Waals surface area contributed by atoms with Crippen LogP contribution in [-0.4, -0.2) is 18.4 Å². The van der Waals surface area contributed by atoms with Crippen LogP contribution in [0.5, 0.6) is 0 Å². The number of aryl methyl sites for hydroxylation is 2. The number of nitrogens with one attached hydrogen (secondary N) is 1. The van der Waals surface area contributed by atoms with E-state index in [1.165, 1.54) is 30.0 Å². The first-order chi connectivity index (χ1) is 11.4. The molecule has 0 aromatic heterocycles. The van der Waals surface area contributed by atoms with Crippen molar-refractivity contribution >= 4 is 23.2 Å². The van der Waals surface area contributed by atoms with Gasteiger partial charge in [0.15, 0.2) is 0 Å². The minimum absolute atomic E-state index is 0.170. The van der Waals surface area contributed by atoms with Gasteiger partial charge in [-0.3, -0.25) is 9.59 Å². The number of carbonyl (C=O) groups is 2. The van der Waals surface area contributed by atoms with Crippen LogP contribution in [0.4, 0.5) is 15.8 Å². The van der Waals surface area contributed by atoms with Gasteiger partial charge in [-0.15, -0.1) is 0 Å². The zero-order chi connectivity index (χ0) is 17.7. The molecule has 0 aliphatic carbocycles. The maximum atomic E-state index is 13.4. The Morgan fingerprint density at radius 2 is 1.88 bits per heavy atom. The summed E-state index contributed by atoms with van der Waals surface area (Å²) in [6, 6.07) is 11.5. The second-order valence-corrected chi connectivity index (χ2v) is 5.60. The number of benzene rings is 2. The second-order valence-electron chi connectivity index (χ2n) is 5.60. The van der Waals surface area contributed by atoms with Gasteiger partial charge in [-0.1, -0.05) is 31.2 Å². The predicted octanol–water partition coefficient (Wildman–Crippen LogP) is 3.69.